The number of hydrogen-bond donors (Lipinski definition) is 1. The summed E-state index contributed by atoms with van der Waals surface area (Å²) in [5.41, 5.74) is 1.91. The number of rotatable bonds is 2. The van der Waals surface area contributed by atoms with Gasteiger partial charge < -0.3 is 19.7 Å². The Hall–Kier alpha value is -1.91. The number of ether oxygens (including phenoxy) is 2. The Morgan fingerprint density at radius 3 is 3.00 bits per heavy atom. The van der Waals surface area contributed by atoms with Gasteiger partial charge in [-0.15, -0.1) is 0 Å². The highest BCUT2D eigenvalue weighted by molar-refractivity contribution is 5.68. The predicted molar refractivity (Wildman–Crippen MR) is 85.5 cm³/mol. The first-order chi connectivity index (χ1) is 10.4. The van der Waals surface area contributed by atoms with Crippen molar-refractivity contribution in [3.8, 4) is 5.75 Å². The van der Waals surface area contributed by atoms with Crippen LogP contribution in [0.25, 0.3) is 0 Å². The molecular weight excluding hydrogens is 280 g/mol. The van der Waals surface area contributed by atoms with E-state index in [1.807, 2.05) is 32.9 Å². The van der Waals surface area contributed by atoms with Gasteiger partial charge in [-0.3, -0.25) is 0 Å². The Bertz CT molecular complexity index is 566. The van der Waals surface area contributed by atoms with E-state index in [-0.39, 0.29) is 12.1 Å². The topological polar surface area (TPSA) is 50.8 Å². The molecule has 1 atom stereocenters. The lowest BCUT2D eigenvalue weighted by Gasteiger charge is -2.24. The van der Waals surface area contributed by atoms with Gasteiger partial charge in [0.1, 0.15) is 11.4 Å². The summed E-state index contributed by atoms with van der Waals surface area (Å²) in [6.07, 6.45) is 1.69. The Labute approximate surface area is 131 Å². The molecule has 0 aromatic heterocycles. The highest BCUT2D eigenvalue weighted by atomic mass is 16.6. The average molecular weight is 304 g/mol. The molecule has 0 radical (unpaired) electrons. The summed E-state index contributed by atoms with van der Waals surface area (Å²) in [6, 6.07) is 6.48. The first kappa shape index (κ1) is 15.0. The molecule has 2 heterocycles. The minimum atomic E-state index is -0.442. The summed E-state index contributed by atoms with van der Waals surface area (Å²) >= 11 is 0. The average Bonchev–Trinajstić information content (AvgIpc) is 3.04. The molecule has 1 aromatic carbocycles. The van der Waals surface area contributed by atoms with Crippen LogP contribution in [0.2, 0.25) is 0 Å². The van der Waals surface area contributed by atoms with E-state index in [0.29, 0.717) is 6.54 Å². The zero-order valence-electron chi connectivity index (χ0n) is 13.5. The molecule has 1 aromatic rings. The minimum Gasteiger partial charge on any atom is -0.493 e. The first-order valence-corrected chi connectivity index (χ1v) is 7.91. The van der Waals surface area contributed by atoms with Crippen LogP contribution < -0.4 is 10.1 Å². The SMILES string of the molecule is CC(C)(C)OC(=O)N1CCC(Nc2ccc3c(c2)CCO3)C1. The van der Waals surface area contributed by atoms with E-state index in [4.69, 9.17) is 9.47 Å². The van der Waals surface area contributed by atoms with E-state index in [1.54, 1.807) is 4.90 Å². The van der Waals surface area contributed by atoms with Gasteiger partial charge in [0.25, 0.3) is 0 Å². The van der Waals surface area contributed by atoms with Crippen LogP contribution in [0.3, 0.4) is 0 Å². The standard InChI is InChI=1S/C17H24N2O3/c1-17(2,3)22-16(20)19-8-6-14(11-19)18-13-4-5-15-12(10-13)7-9-21-15/h4-5,10,14,18H,6-9,11H2,1-3H3. The van der Waals surface area contributed by atoms with Gasteiger partial charge in [0.2, 0.25) is 0 Å². The van der Waals surface area contributed by atoms with E-state index in [1.165, 1.54) is 5.56 Å². The van der Waals surface area contributed by atoms with Gasteiger partial charge in [-0.25, -0.2) is 4.79 Å². The van der Waals surface area contributed by atoms with Crippen LogP contribution in [0, 0.1) is 0 Å². The maximum Gasteiger partial charge on any atom is 0.410 e. The fraction of sp³-hybridized carbons (Fsp3) is 0.588. The summed E-state index contributed by atoms with van der Waals surface area (Å²) in [5, 5.41) is 3.51. The fourth-order valence-corrected chi connectivity index (χ4v) is 2.88. The number of fused-ring (bicyclic) bond motifs is 1. The van der Waals surface area contributed by atoms with Crippen LogP contribution in [0.4, 0.5) is 10.5 Å². The summed E-state index contributed by atoms with van der Waals surface area (Å²) in [6.45, 7) is 7.87. The normalized spacial score (nSPS) is 20.5. The lowest BCUT2D eigenvalue weighted by molar-refractivity contribution is 0.0293. The van der Waals surface area contributed by atoms with Crippen molar-refractivity contribution < 1.29 is 14.3 Å². The summed E-state index contributed by atoms with van der Waals surface area (Å²) in [5.74, 6) is 0.993. The molecule has 1 amide bonds. The van der Waals surface area contributed by atoms with Gasteiger partial charge in [-0.05, 0) is 51.0 Å². The molecule has 0 aliphatic carbocycles. The third kappa shape index (κ3) is 3.46. The molecule has 0 bridgehead atoms. The van der Waals surface area contributed by atoms with Crippen molar-refractivity contribution in [1.29, 1.82) is 0 Å². The van der Waals surface area contributed by atoms with E-state index in [2.05, 4.69) is 11.4 Å². The van der Waals surface area contributed by atoms with Gasteiger partial charge in [0.15, 0.2) is 0 Å². The van der Waals surface area contributed by atoms with Crippen molar-refractivity contribution in [3.63, 3.8) is 0 Å². The van der Waals surface area contributed by atoms with Gasteiger partial charge in [0, 0.05) is 31.2 Å². The lowest BCUT2D eigenvalue weighted by Crippen LogP contribution is -2.36. The molecule has 0 spiro atoms. The van der Waals surface area contributed by atoms with Crippen LogP contribution >= 0.6 is 0 Å². The summed E-state index contributed by atoms with van der Waals surface area (Å²) in [4.78, 5) is 13.8. The molecule has 1 unspecified atom stereocenters. The van der Waals surface area contributed by atoms with E-state index >= 15 is 0 Å². The number of nitrogens with one attached hydrogen (secondary N) is 1. The Morgan fingerprint density at radius 1 is 1.41 bits per heavy atom. The molecule has 2 aliphatic rings. The largest absolute Gasteiger partial charge is 0.493 e. The van der Waals surface area contributed by atoms with Gasteiger partial charge in [0.05, 0.1) is 6.61 Å². The van der Waals surface area contributed by atoms with E-state index < -0.39 is 5.60 Å². The van der Waals surface area contributed by atoms with Crippen molar-refractivity contribution in [1.82, 2.24) is 4.90 Å². The molecule has 1 fully saturated rings. The summed E-state index contributed by atoms with van der Waals surface area (Å²) < 4.78 is 10.9. The van der Waals surface area contributed by atoms with Crippen LogP contribution in [0.5, 0.6) is 5.75 Å². The zero-order chi connectivity index (χ0) is 15.7. The van der Waals surface area contributed by atoms with Crippen molar-refractivity contribution in [2.45, 2.75) is 45.3 Å². The second kappa shape index (κ2) is 5.71. The van der Waals surface area contributed by atoms with E-state index in [0.717, 1.165) is 37.4 Å². The Balaban J connectivity index is 1.56. The smallest absolute Gasteiger partial charge is 0.410 e. The molecule has 0 saturated carbocycles. The predicted octanol–water partition coefficient (Wildman–Crippen LogP) is 3.04. The monoisotopic (exact) mass is 304 g/mol. The highest BCUT2D eigenvalue weighted by Crippen LogP contribution is 2.28. The Kier molecular flexibility index (Phi) is 3.89. The van der Waals surface area contributed by atoms with E-state index in [9.17, 15) is 4.79 Å². The number of anilines is 1. The number of benzene rings is 1. The van der Waals surface area contributed by atoms with Crippen LogP contribution in [0.1, 0.15) is 32.8 Å². The van der Waals surface area contributed by atoms with Gasteiger partial charge in [-0.1, -0.05) is 0 Å². The molecule has 5 nitrogen and oxygen atoms in total. The van der Waals surface area contributed by atoms with Crippen LogP contribution in [-0.4, -0.2) is 42.3 Å². The quantitative estimate of drug-likeness (QED) is 0.912. The lowest BCUT2D eigenvalue weighted by atomic mass is 10.1. The van der Waals surface area contributed by atoms with Crippen molar-refractivity contribution in [2.24, 2.45) is 0 Å². The highest BCUT2D eigenvalue weighted by Gasteiger charge is 2.29. The molecule has 1 saturated heterocycles. The third-order valence-corrected chi connectivity index (χ3v) is 3.90. The molecule has 3 rings (SSSR count). The fourth-order valence-electron chi connectivity index (χ4n) is 2.88. The van der Waals surface area contributed by atoms with Crippen LogP contribution in [-0.2, 0) is 11.2 Å². The zero-order valence-corrected chi connectivity index (χ0v) is 13.5. The maximum atomic E-state index is 12.1. The molecule has 120 valence electrons. The summed E-state index contributed by atoms with van der Waals surface area (Å²) in [7, 11) is 0. The number of amides is 1. The van der Waals surface area contributed by atoms with Crippen LogP contribution in [0.15, 0.2) is 18.2 Å². The molecular formula is C17H24N2O3. The van der Waals surface area contributed by atoms with Gasteiger partial charge >= 0.3 is 6.09 Å². The van der Waals surface area contributed by atoms with Crippen molar-refractivity contribution >= 4 is 11.8 Å². The number of carbonyl (C=O) groups excluding carboxylic acids is 1. The second-order valence-electron chi connectivity index (χ2n) is 6.98. The Morgan fingerprint density at radius 2 is 2.23 bits per heavy atom. The van der Waals surface area contributed by atoms with Gasteiger partial charge in [-0.2, -0.15) is 0 Å². The molecule has 1 N–H and O–H groups in total. The number of hydrogen-bond acceptors (Lipinski definition) is 4. The first-order valence-electron chi connectivity index (χ1n) is 7.91. The number of likely N-dealkylation sites (tertiary alicyclic amines) is 1. The van der Waals surface area contributed by atoms with Crippen molar-refractivity contribution in [3.05, 3.63) is 23.8 Å². The minimum absolute atomic E-state index is 0.223. The van der Waals surface area contributed by atoms with Crippen molar-refractivity contribution in [2.75, 3.05) is 25.0 Å². The maximum absolute atomic E-state index is 12.1. The second-order valence-corrected chi connectivity index (χ2v) is 6.98. The third-order valence-electron chi connectivity index (χ3n) is 3.90. The molecule has 2 aliphatic heterocycles. The number of carbonyl (C=O) groups is 1. The number of nitrogens with zero attached hydrogens (tertiary/aromatic N) is 1. The molecule has 5 heteroatoms. The molecule has 22 heavy (non-hydrogen) atoms.